The van der Waals surface area contributed by atoms with Gasteiger partial charge in [0.2, 0.25) is 11.9 Å². The SMILES string of the molecule is CC(C)NC(=O)[C@@H]1CC[C@@H](Nc2ncc3c(Br)nn(-c4cc(C#N)c5ncccc5c4)c3n2)C1. The number of anilines is 1. The molecule has 0 unspecified atom stereocenters. The lowest BCUT2D eigenvalue weighted by atomic mass is 10.1. The number of nitrogens with zero attached hydrogens (tertiary/aromatic N) is 6. The van der Waals surface area contributed by atoms with Crippen LogP contribution in [0.25, 0.3) is 27.6 Å². The third kappa shape index (κ3) is 4.19. The summed E-state index contributed by atoms with van der Waals surface area (Å²) >= 11 is 3.50. The molecule has 1 aliphatic carbocycles. The number of nitrogens with one attached hydrogen (secondary N) is 2. The van der Waals surface area contributed by atoms with Crippen LogP contribution in [-0.4, -0.2) is 42.7 Å². The molecule has 1 fully saturated rings. The Labute approximate surface area is 204 Å². The van der Waals surface area contributed by atoms with Crippen LogP contribution < -0.4 is 10.6 Å². The maximum absolute atomic E-state index is 12.4. The average Bonchev–Trinajstić information content (AvgIpc) is 3.42. The van der Waals surface area contributed by atoms with E-state index in [1.807, 2.05) is 32.0 Å². The highest BCUT2D eigenvalue weighted by molar-refractivity contribution is 9.10. The smallest absolute Gasteiger partial charge is 0.224 e. The number of carbonyl (C=O) groups excluding carboxylic acids is 1. The Morgan fingerprint density at radius 3 is 2.94 bits per heavy atom. The highest BCUT2D eigenvalue weighted by atomic mass is 79.9. The molecule has 172 valence electrons. The number of rotatable bonds is 5. The van der Waals surface area contributed by atoms with Gasteiger partial charge in [-0.15, -0.1) is 0 Å². The molecular weight excluding hydrogens is 496 g/mol. The van der Waals surface area contributed by atoms with Crippen LogP contribution in [0.3, 0.4) is 0 Å². The maximum Gasteiger partial charge on any atom is 0.224 e. The molecule has 2 atom stereocenters. The Morgan fingerprint density at radius 1 is 1.29 bits per heavy atom. The van der Waals surface area contributed by atoms with E-state index in [4.69, 9.17) is 4.98 Å². The molecule has 0 bridgehead atoms. The number of pyridine rings is 1. The van der Waals surface area contributed by atoms with Gasteiger partial charge in [-0.3, -0.25) is 9.78 Å². The van der Waals surface area contributed by atoms with Crippen LogP contribution in [0, 0.1) is 17.2 Å². The van der Waals surface area contributed by atoms with Crippen LogP contribution in [0.1, 0.15) is 38.7 Å². The standard InChI is InChI=1S/C24H23BrN8O/c1-13(2)29-23(34)15-5-6-17(8-15)30-24-28-12-19-21(25)32-33(22(19)31-24)18-9-14-4-3-7-27-20(14)16(10-18)11-26/h3-4,7,9-10,12-13,15,17H,5-6,8H2,1-2H3,(H,29,34)(H,28,30,31)/t15-,17-/m1/s1. The van der Waals surface area contributed by atoms with Gasteiger partial charge in [0.1, 0.15) is 10.7 Å². The third-order valence-corrected chi connectivity index (χ3v) is 6.59. The van der Waals surface area contributed by atoms with Crippen molar-refractivity contribution in [2.75, 3.05) is 5.32 Å². The van der Waals surface area contributed by atoms with Gasteiger partial charge in [0, 0.05) is 35.8 Å². The molecule has 0 radical (unpaired) electrons. The molecule has 0 spiro atoms. The van der Waals surface area contributed by atoms with Crippen LogP contribution in [-0.2, 0) is 4.79 Å². The van der Waals surface area contributed by atoms with Gasteiger partial charge in [-0.25, -0.2) is 9.67 Å². The number of amides is 1. The first-order valence-electron chi connectivity index (χ1n) is 11.2. The molecule has 0 saturated heterocycles. The summed E-state index contributed by atoms with van der Waals surface area (Å²) in [4.78, 5) is 25.9. The molecule has 1 amide bonds. The Morgan fingerprint density at radius 2 is 2.15 bits per heavy atom. The Bertz CT molecular complexity index is 1440. The zero-order valence-corrected chi connectivity index (χ0v) is 20.4. The summed E-state index contributed by atoms with van der Waals surface area (Å²) in [6, 6.07) is 9.94. The number of fused-ring (bicyclic) bond motifs is 2. The normalized spacial score (nSPS) is 17.9. The van der Waals surface area contributed by atoms with Crippen LogP contribution in [0.5, 0.6) is 0 Å². The van der Waals surface area contributed by atoms with E-state index < -0.39 is 0 Å². The minimum absolute atomic E-state index is 0.00100. The van der Waals surface area contributed by atoms with E-state index in [1.54, 1.807) is 23.1 Å². The van der Waals surface area contributed by atoms with Crippen molar-refractivity contribution >= 4 is 49.7 Å². The summed E-state index contributed by atoms with van der Waals surface area (Å²) in [5, 5.41) is 22.2. The molecule has 10 heteroatoms. The topological polar surface area (TPSA) is 121 Å². The van der Waals surface area contributed by atoms with Crippen molar-refractivity contribution in [3.8, 4) is 11.8 Å². The molecule has 1 aromatic carbocycles. The molecule has 4 aromatic rings. The van der Waals surface area contributed by atoms with Crippen molar-refractivity contribution in [2.45, 2.75) is 45.2 Å². The number of halogens is 1. The van der Waals surface area contributed by atoms with E-state index in [0.717, 1.165) is 30.0 Å². The second-order valence-electron chi connectivity index (χ2n) is 8.83. The van der Waals surface area contributed by atoms with Gasteiger partial charge in [-0.2, -0.15) is 15.3 Å². The predicted molar refractivity (Wildman–Crippen MR) is 132 cm³/mol. The molecule has 2 N–H and O–H groups in total. The van der Waals surface area contributed by atoms with Gasteiger partial charge in [0.25, 0.3) is 0 Å². The predicted octanol–water partition coefficient (Wildman–Crippen LogP) is 4.10. The molecule has 0 aliphatic heterocycles. The molecule has 1 saturated carbocycles. The lowest BCUT2D eigenvalue weighted by Crippen LogP contribution is -2.35. The molecule has 3 heterocycles. The number of carbonyl (C=O) groups is 1. The first-order chi connectivity index (χ1) is 16.4. The molecule has 9 nitrogen and oxygen atoms in total. The summed E-state index contributed by atoms with van der Waals surface area (Å²) in [6.07, 6.45) is 5.86. The highest BCUT2D eigenvalue weighted by Crippen LogP contribution is 2.30. The van der Waals surface area contributed by atoms with Crippen molar-refractivity contribution in [2.24, 2.45) is 5.92 Å². The third-order valence-electron chi connectivity index (χ3n) is 6.00. The van der Waals surface area contributed by atoms with E-state index in [0.29, 0.717) is 33.0 Å². The maximum atomic E-state index is 12.4. The summed E-state index contributed by atoms with van der Waals surface area (Å²) < 4.78 is 2.32. The van der Waals surface area contributed by atoms with Gasteiger partial charge < -0.3 is 10.6 Å². The van der Waals surface area contributed by atoms with Crippen molar-refractivity contribution < 1.29 is 4.79 Å². The zero-order chi connectivity index (χ0) is 23.8. The zero-order valence-electron chi connectivity index (χ0n) is 18.8. The van der Waals surface area contributed by atoms with Crippen LogP contribution >= 0.6 is 15.9 Å². The summed E-state index contributed by atoms with van der Waals surface area (Å²) in [5.74, 6) is 0.592. The van der Waals surface area contributed by atoms with Crippen LogP contribution in [0.2, 0.25) is 0 Å². The fourth-order valence-electron chi connectivity index (χ4n) is 4.44. The number of benzene rings is 1. The monoisotopic (exact) mass is 518 g/mol. The van der Waals surface area contributed by atoms with Crippen molar-refractivity contribution in [3.05, 3.63) is 46.8 Å². The molecule has 5 rings (SSSR count). The van der Waals surface area contributed by atoms with E-state index in [9.17, 15) is 10.1 Å². The van der Waals surface area contributed by atoms with Crippen LogP contribution in [0.15, 0.2) is 41.3 Å². The van der Waals surface area contributed by atoms with E-state index in [1.165, 1.54) is 0 Å². The number of nitriles is 1. The average molecular weight is 519 g/mol. The molecule has 34 heavy (non-hydrogen) atoms. The number of hydrogen-bond acceptors (Lipinski definition) is 7. The molecule has 1 aliphatic rings. The Balaban J connectivity index is 1.46. The van der Waals surface area contributed by atoms with E-state index >= 15 is 0 Å². The number of aromatic nitrogens is 5. The van der Waals surface area contributed by atoms with Crippen molar-refractivity contribution in [3.63, 3.8) is 0 Å². The summed E-state index contributed by atoms with van der Waals surface area (Å²) in [6.45, 7) is 3.94. The van der Waals surface area contributed by atoms with Gasteiger partial charge in [0.15, 0.2) is 5.65 Å². The lowest BCUT2D eigenvalue weighted by Gasteiger charge is -2.15. The van der Waals surface area contributed by atoms with Crippen molar-refractivity contribution in [1.29, 1.82) is 5.26 Å². The van der Waals surface area contributed by atoms with Gasteiger partial charge >= 0.3 is 0 Å². The largest absolute Gasteiger partial charge is 0.354 e. The number of hydrogen-bond donors (Lipinski definition) is 2. The quantitative estimate of drug-likeness (QED) is 0.407. The summed E-state index contributed by atoms with van der Waals surface area (Å²) in [7, 11) is 0. The Kier molecular flexibility index (Phi) is 5.87. The first kappa shape index (κ1) is 22.2. The molecular formula is C24H23BrN8O. The second kappa shape index (κ2) is 8.99. The minimum atomic E-state index is -0.00100. The van der Waals surface area contributed by atoms with Gasteiger partial charge in [-0.1, -0.05) is 6.07 Å². The first-order valence-corrected chi connectivity index (χ1v) is 12.0. The lowest BCUT2D eigenvalue weighted by molar-refractivity contribution is -0.125. The van der Waals surface area contributed by atoms with Gasteiger partial charge in [0.05, 0.1) is 22.2 Å². The second-order valence-corrected chi connectivity index (χ2v) is 9.58. The summed E-state index contributed by atoms with van der Waals surface area (Å²) in [5.41, 5.74) is 2.45. The molecule has 3 aromatic heterocycles. The van der Waals surface area contributed by atoms with Crippen LogP contribution in [0.4, 0.5) is 5.95 Å². The van der Waals surface area contributed by atoms with E-state index in [2.05, 4.69) is 47.7 Å². The van der Waals surface area contributed by atoms with E-state index in [-0.39, 0.29) is 23.9 Å². The Hall–Kier alpha value is -3.58. The highest BCUT2D eigenvalue weighted by Gasteiger charge is 2.30. The fraction of sp³-hybridized carbons (Fsp3) is 0.333. The minimum Gasteiger partial charge on any atom is -0.354 e. The fourth-order valence-corrected chi connectivity index (χ4v) is 4.88. The van der Waals surface area contributed by atoms with Gasteiger partial charge in [-0.05, 0) is 67.2 Å². The van der Waals surface area contributed by atoms with Crippen molar-refractivity contribution in [1.82, 2.24) is 30.0 Å².